The Bertz CT molecular complexity index is 1400. The van der Waals surface area contributed by atoms with E-state index in [0.29, 0.717) is 16.7 Å². The number of hydrogen-bond donors (Lipinski definition) is 4. The normalized spacial score (nSPS) is 14.8. The lowest BCUT2D eigenvalue weighted by Crippen LogP contribution is -2.59. The summed E-state index contributed by atoms with van der Waals surface area (Å²) in [7, 11) is 1.53. The van der Waals surface area contributed by atoms with Crippen molar-refractivity contribution < 1.29 is 28.8 Å². The van der Waals surface area contributed by atoms with E-state index in [9.17, 15) is 28.8 Å². The van der Waals surface area contributed by atoms with Gasteiger partial charge in [-0.15, -0.1) is 0 Å². The first-order chi connectivity index (χ1) is 20.1. The van der Waals surface area contributed by atoms with E-state index in [4.69, 9.17) is 0 Å². The van der Waals surface area contributed by atoms with Crippen LogP contribution in [0.5, 0.6) is 0 Å². The summed E-state index contributed by atoms with van der Waals surface area (Å²) in [5, 5.41) is 10.4. The predicted octanol–water partition coefficient (Wildman–Crippen LogP) is 1.95. The highest BCUT2D eigenvalue weighted by molar-refractivity contribution is 6.38. The first kappa shape index (κ1) is 33.0. The maximum atomic E-state index is 13.5. The topological polar surface area (TPSA) is 154 Å². The van der Waals surface area contributed by atoms with Gasteiger partial charge < -0.3 is 26.2 Å². The lowest BCUT2D eigenvalue weighted by atomic mass is 9.84. The zero-order valence-corrected chi connectivity index (χ0v) is 25.7. The summed E-state index contributed by atoms with van der Waals surface area (Å²) in [6.07, 6.45) is 0. The molecule has 2 aromatic rings. The summed E-state index contributed by atoms with van der Waals surface area (Å²) in [5.41, 5.74) is 1.88. The highest BCUT2D eigenvalue weighted by Gasteiger charge is 2.43. The van der Waals surface area contributed by atoms with Crippen molar-refractivity contribution >= 4 is 35.3 Å². The number of hydrogen-bond acceptors (Lipinski definition) is 6. The van der Waals surface area contributed by atoms with Crippen molar-refractivity contribution in [2.24, 2.45) is 11.3 Å². The second-order valence-electron chi connectivity index (χ2n) is 12.1. The Morgan fingerprint density at radius 1 is 0.884 bits per heavy atom. The van der Waals surface area contributed by atoms with Crippen LogP contribution in [0.15, 0.2) is 48.5 Å². The van der Waals surface area contributed by atoms with Gasteiger partial charge in [-0.3, -0.25) is 28.8 Å². The second-order valence-corrected chi connectivity index (χ2v) is 12.1. The summed E-state index contributed by atoms with van der Waals surface area (Å²) in [5.74, 6) is -3.73. The number of benzene rings is 2. The number of nitrogens with zero attached hydrogens (tertiary/aromatic N) is 1. The van der Waals surface area contributed by atoms with Crippen molar-refractivity contribution in [1.29, 1.82) is 0 Å². The molecular formula is C32H41N5O6. The fraction of sp³-hybridized carbons (Fsp3) is 0.438. The first-order valence-electron chi connectivity index (χ1n) is 14.3. The van der Waals surface area contributed by atoms with Crippen LogP contribution in [0.25, 0.3) is 0 Å². The molecule has 4 N–H and O–H groups in total. The summed E-state index contributed by atoms with van der Waals surface area (Å²) in [6, 6.07) is 10.7. The van der Waals surface area contributed by atoms with Gasteiger partial charge in [-0.1, -0.05) is 65.0 Å². The number of nitrogens with one attached hydrogen (secondary N) is 4. The first-order valence-corrected chi connectivity index (χ1v) is 14.3. The maximum absolute atomic E-state index is 13.5. The van der Waals surface area contributed by atoms with E-state index >= 15 is 0 Å². The highest BCUT2D eigenvalue weighted by Crippen LogP contribution is 2.32. The van der Waals surface area contributed by atoms with Crippen molar-refractivity contribution in [3.8, 4) is 0 Å². The molecule has 1 aliphatic heterocycles. The van der Waals surface area contributed by atoms with Crippen molar-refractivity contribution in [2.75, 3.05) is 7.05 Å². The van der Waals surface area contributed by atoms with E-state index in [1.54, 1.807) is 50.2 Å². The summed E-state index contributed by atoms with van der Waals surface area (Å²) in [6.45, 7) is 10.8. The van der Waals surface area contributed by atoms with E-state index in [1.807, 2.05) is 32.9 Å². The maximum Gasteiger partial charge on any atom is 0.289 e. The lowest BCUT2D eigenvalue weighted by Gasteiger charge is -2.37. The summed E-state index contributed by atoms with van der Waals surface area (Å²) in [4.78, 5) is 78.7. The standard InChI is InChI=1S/C32H41N5O6/c1-18(2)24(25(38)29(41)34-16-20-12-14-21(15-13-20)28(40)33-7)36-27(39)19(3)35-30(42)26(32(4,5)6)37-17-22-10-8-9-11-23(22)31(37)43/h8-15,18-19,24,26H,16-17H2,1-7H3,(H,33,40)(H,34,41)(H,35,42)(H,36,39). The van der Waals surface area contributed by atoms with Gasteiger partial charge in [-0.05, 0) is 47.6 Å². The number of ketones is 1. The fourth-order valence-corrected chi connectivity index (χ4v) is 4.99. The van der Waals surface area contributed by atoms with Crippen molar-refractivity contribution in [2.45, 2.75) is 72.8 Å². The number of rotatable bonds is 11. The molecule has 0 bridgehead atoms. The van der Waals surface area contributed by atoms with Gasteiger partial charge in [0.25, 0.3) is 17.7 Å². The van der Waals surface area contributed by atoms with Gasteiger partial charge in [0.2, 0.25) is 17.6 Å². The van der Waals surface area contributed by atoms with Crippen LogP contribution in [-0.2, 0) is 32.3 Å². The van der Waals surface area contributed by atoms with Crippen LogP contribution in [0.4, 0.5) is 0 Å². The van der Waals surface area contributed by atoms with Crippen LogP contribution in [0, 0.1) is 11.3 Å². The minimum atomic E-state index is -1.13. The van der Waals surface area contributed by atoms with Crippen LogP contribution in [0.3, 0.4) is 0 Å². The quantitative estimate of drug-likeness (QED) is 0.293. The molecule has 230 valence electrons. The minimum Gasteiger partial charge on any atom is -0.355 e. The summed E-state index contributed by atoms with van der Waals surface area (Å²) >= 11 is 0. The average Bonchev–Trinajstić information content (AvgIpc) is 3.28. The van der Waals surface area contributed by atoms with Crippen molar-refractivity contribution in [3.63, 3.8) is 0 Å². The SMILES string of the molecule is CNC(=O)c1ccc(CNC(=O)C(=O)C(NC(=O)C(C)NC(=O)C(N2Cc3ccccc3C2=O)C(C)(C)C)C(C)C)cc1. The third-order valence-corrected chi connectivity index (χ3v) is 7.35. The van der Waals surface area contributed by atoms with Gasteiger partial charge in [0.1, 0.15) is 12.1 Å². The average molecular weight is 592 g/mol. The number of fused-ring (bicyclic) bond motifs is 1. The molecule has 11 heteroatoms. The van der Waals surface area contributed by atoms with Gasteiger partial charge in [-0.2, -0.15) is 0 Å². The fourth-order valence-electron chi connectivity index (χ4n) is 4.99. The van der Waals surface area contributed by atoms with Gasteiger partial charge in [-0.25, -0.2) is 0 Å². The number of amides is 5. The second kappa shape index (κ2) is 13.6. The van der Waals surface area contributed by atoms with Crippen LogP contribution < -0.4 is 21.3 Å². The molecule has 3 unspecified atom stereocenters. The monoisotopic (exact) mass is 591 g/mol. The number of Topliss-reactive ketones (excluding diaryl/α,β-unsaturated/α-hetero) is 1. The van der Waals surface area contributed by atoms with Crippen molar-refractivity contribution in [1.82, 2.24) is 26.2 Å². The zero-order valence-electron chi connectivity index (χ0n) is 25.7. The molecule has 0 saturated carbocycles. The van der Waals surface area contributed by atoms with Crippen LogP contribution >= 0.6 is 0 Å². The molecule has 0 radical (unpaired) electrons. The van der Waals surface area contributed by atoms with Gasteiger partial charge >= 0.3 is 0 Å². The lowest BCUT2D eigenvalue weighted by molar-refractivity contribution is -0.141. The molecule has 1 aliphatic rings. The smallest absolute Gasteiger partial charge is 0.289 e. The molecule has 0 aromatic heterocycles. The third-order valence-electron chi connectivity index (χ3n) is 7.35. The van der Waals surface area contributed by atoms with Crippen LogP contribution in [0.2, 0.25) is 0 Å². The molecule has 0 saturated heterocycles. The molecular weight excluding hydrogens is 550 g/mol. The molecule has 3 atom stereocenters. The molecule has 2 aromatic carbocycles. The molecule has 1 heterocycles. The van der Waals surface area contributed by atoms with Crippen molar-refractivity contribution in [3.05, 3.63) is 70.8 Å². The number of carbonyl (C=O) groups is 6. The minimum absolute atomic E-state index is 0.0527. The molecule has 43 heavy (non-hydrogen) atoms. The molecule has 5 amide bonds. The molecule has 0 aliphatic carbocycles. The van der Waals surface area contributed by atoms with Gasteiger partial charge in [0.15, 0.2) is 0 Å². The molecule has 0 fully saturated rings. The molecule has 0 spiro atoms. The Balaban J connectivity index is 1.62. The predicted molar refractivity (Wildman–Crippen MR) is 161 cm³/mol. The Hall–Kier alpha value is -4.54. The zero-order chi connectivity index (χ0) is 32.1. The molecule has 3 rings (SSSR count). The van der Waals surface area contributed by atoms with Crippen LogP contribution in [-0.4, -0.2) is 65.4 Å². The molecule has 11 nitrogen and oxygen atoms in total. The Labute approximate surface area is 252 Å². The number of carbonyl (C=O) groups excluding carboxylic acids is 6. The highest BCUT2D eigenvalue weighted by atomic mass is 16.2. The van der Waals surface area contributed by atoms with Crippen LogP contribution in [0.1, 0.15) is 73.4 Å². The Kier molecular flexibility index (Phi) is 10.4. The van der Waals surface area contributed by atoms with Gasteiger partial charge in [0, 0.05) is 31.3 Å². The summed E-state index contributed by atoms with van der Waals surface area (Å²) < 4.78 is 0. The van der Waals surface area contributed by atoms with E-state index in [1.165, 1.54) is 18.9 Å². The van der Waals surface area contributed by atoms with E-state index in [-0.39, 0.29) is 24.9 Å². The largest absolute Gasteiger partial charge is 0.355 e. The van der Waals surface area contributed by atoms with E-state index in [2.05, 4.69) is 21.3 Å². The Morgan fingerprint density at radius 3 is 2.07 bits per heavy atom. The third kappa shape index (κ3) is 7.85. The Morgan fingerprint density at radius 2 is 1.51 bits per heavy atom. The van der Waals surface area contributed by atoms with E-state index < -0.39 is 53.0 Å². The van der Waals surface area contributed by atoms with E-state index in [0.717, 1.165) is 5.56 Å². The van der Waals surface area contributed by atoms with Gasteiger partial charge in [0.05, 0.1) is 6.04 Å².